The molecule has 0 bridgehead atoms. The quantitative estimate of drug-likeness (QED) is 0.343. The zero-order chi connectivity index (χ0) is 23.7. The molecule has 0 spiro atoms. The Morgan fingerprint density at radius 3 is 2.45 bits per heavy atom. The van der Waals surface area contributed by atoms with Crippen LogP contribution in [0.15, 0.2) is 60.2 Å². The van der Waals surface area contributed by atoms with Crippen molar-refractivity contribution in [2.45, 2.75) is 27.7 Å². The van der Waals surface area contributed by atoms with Crippen LogP contribution in [0.1, 0.15) is 29.4 Å². The van der Waals surface area contributed by atoms with Crippen LogP contribution < -0.4 is 15.0 Å². The summed E-state index contributed by atoms with van der Waals surface area (Å²) in [6, 6.07) is 17.2. The van der Waals surface area contributed by atoms with E-state index < -0.39 is 11.8 Å². The minimum atomic E-state index is -0.512. The molecular formula is C26H25N3O3S. The second-order valence-corrected chi connectivity index (χ2v) is 8.28. The van der Waals surface area contributed by atoms with Gasteiger partial charge in [0.25, 0.3) is 11.8 Å². The van der Waals surface area contributed by atoms with Crippen LogP contribution >= 0.6 is 12.2 Å². The van der Waals surface area contributed by atoms with Crippen molar-refractivity contribution in [3.05, 3.63) is 82.7 Å². The topological polar surface area (TPSA) is 63.6 Å². The fourth-order valence-electron chi connectivity index (χ4n) is 4.02. The van der Waals surface area contributed by atoms with Crippen LogP contribution in [0.3, 0.4) is 0 Å². The number of anilines is 1. The lowest BCUT2D eigenvalue weighted by atomic mass is 10.1. The molecule has 33 heavy (non-hydrogen) atoms. The summed E-state index contributed by atoms with van der Waals surface area (Å²) in [5.41, 5.74) is 5.48. The number of carbonyl (C=O) groups excluding carboxylic acids is 2. The normalized spacial score (nSPS) is 15.2. The van der Waals surface area contributed by atoms with Gasteiger partial charge in [0.2, 0.25) is 0 Å². The second kappa shape index (κ2) is 9.03. The summed E-state index contributed by atoms with van der Waals surface area (Å²) in [6.07, 6.45) is 1.63. The fourth-order valence-corrected chi connectivity index (χ4v) is 4.31. The molecule has 4 rings (SSSR count). The van der Waals surface area contributed by atoms with Gasteiger partial charge in [0.15, 0.2) is 5.11 Å². The predicted octanol–water partition coefficient (Wildman–Crippen LogP) is 4.63. The summed E-state index contributed by atoms with van der Waals surface area (Å²) in [5.74, 6) is -0.366. The lowest BCUT2D eigenvalue weighted by molar-refractivity contribution is -0.122. The summed E-state index contributed by atoms with van der Waals surface area (Å²) in [4.78, 5) is 27.5. The first-order chi connectivity index (χ1) is 15.8. The third-order valence-corrected chi connectivity index (χ3v) is 5.80. The van der Waals surface area contributed by atoms with Crippen molar-refractivity contribution in [2.75, 3.05) is 11.5 Å². The first-order valence-electron chi connectivity index (χ1n) is 10.7. The second-order valence-electron chi connectivity index (χ2n) is 7.89. The molecule has 0 saturated carbocycles. The highest BCUT2D eigenvalue weighted by atomic mass is 32.1. The summed E-state index contributed by atoms with van der Waals surface area (Å²) in [6.45, 7) is 8.41. The summed E-state index contributed by atoms with van der Waals surface area (Å²) < 4.78 is 7.66. The molecule has 2 aromatic carbocycles. The lowest BCUT2D eigenvalue weighted by Crippen LogP contribution is -2.54. The van der Waals surface area contributed by atoms with E-state index in [1.165, 1.54) is 4.90 Å². The van der Waals surface area contributed by atoms with Gasteiger partial charge in [-0.3, -0.25) is 19.8 Å². The van der Waals surface area contributed by atoms with Gasteiger partial charge in [0, 0.05) is 23.1 Å². The highest BCUT2D eigenvalue weighted by molar-refractivity contribution is 7.80. The van der Waals surface area contributed by atoms with Crippen molar-refractivity contribution in [2.24, 2.45) is 0 Å². The molecule has 1 saturated heterocycles. The third kappa shape index (κ3) is 4.32. The van der Waals surface area contributed by atoms with Gasteiger partial charge in [-0.25, -0.2) is 0 Å². The number of ether oxygens (including phenoxy) is 1. The minimum absolute atomic E-state index is 0.0231. The number of amides is 2. The molecule has 168 valence electrons. The van der Waals surface area contributed by atoms with Crippen molar-refractivity contribution in [3.63, 3.8) is 0 Å². The Morgan fingerprint density at radius 2 is 1.73 bits per heavy atom. The van der Waals surface area contributed by atoms with Gasteiger partial charge < -0.3 is 9.30 Å². The SMILES string of the molecule is CCOc1cccc(N2C(=O)/C(=C/c3cc(C)n(-c4cccc(C)c4)c3C)C(=O)NC2=S)c1. The van der Waals surface area contributed by atoms with Crippen molar-refractivity contribution in [1.29, 1.82) is 0 Å². The van der Waals surface area contributed by atoms with E-state index in [1.54, 1.807) is 30.3 Å². The Balaban J connectivity index is 1.74. The lowest BCUT2D eigenvalue weighted by Gasteiger charge is -2.29. The Labute approximate surface area is 198 Å². The summed E-state index contributed by atoms with van der Waals surface area (Å²) in [5, 5.41) is 2.68. The van der Waals surface area contributed by atoms with Gasteiger partial charge in [-0.15, -0.1) is 0 Å². The van der Waals surface area contributed by atoms with E-state index in [-0.39, 0.29) is 10.7 Å². The van der Waals surface area contributed by atoms with Gasteiger partial charge in [-0.2, -0.15) is 0 Å². The van der Waals surface area contributed by atoms with Gasteiger partial charge in [-0.05, 0) is 87.4 Å². The van der Waals surface area contributed by atoms with Gasteiger partial charge >= 0.3 is 0 Å². The number of hydrogen-bond acceptors (Lipinski definition) is 4. The van der Waals surface area contributed by atoms with Crippen LogP contribution in [0.2, 0.25) is 0 Å². The van der Waals surface area contributed by atoms with Crippen LogP contribution in [-0.2, 0) is 9.59 Å². The number of aromatic nitrogens is 1. The van der Waals surface area contributed by atoms with E-state index in [4.69, 9.17) is 17.0 Å². The number of rotatable bonds is 5. The maximum Gasteiger partial charge on any atom is 0.270 e. The molecule has 0 atom stereocenters. The molecule has 1 fully saturated rings. The van der Waals surface area contributed by atoms with Gasteiger partial charge in [0.05, 0.1) is 12.3 Å². The van der Waals surface area contributed by atoms with Gasteiger partial charge in [0.1, 0.15) is 11.3 Å². The number of hydrogen-bond donors (Lipinski definition) is 1. The number of thiocarbonyl (C=S) groups is 1. The van der Waals surface area contributed by atoms with Gasteiger partial charge in [-0.1, -0.05) is 18.2 Å². The predicted molar refractivity (Wildman–Crippen MR) is 134 cm³/mol. The van der Waals surface area contributed by atoms with Crippen molar-refractivity contribution in [3.8, 4) is 11.4 Å². The molecular weight excluding hydrogens is 434 g/mol. The van der Waals surface area contributed by atoms with E-state index >= 15 is 0 Å². The van der Waals surface area contributed by atoms with E-state index in [0.29, 0.717) is 18.0 Å². The largest absolute Gasteiger partial charge is 0.494 e. The third-order valence-electron chi connectivity index (χ3n) is 5.52. The average Bonchev–Trinajstić information content (AvgIpc) is 3.04. The molecule has 2 heterocycles. The van der Waals surface area contributed by atoms with Crippen molar-refractivity contribution < 1.29 is 14.3 Å². The first kappa shape index (κ1) is 22.5. The van der Waals surface area contributed by atoms with Crippen LogP contribution in [0.4, 0.5) is 5.69 Å². The zero-order valence-corrected chi connectivity index (χ0v) is 19.8. The highest BCUT2D eigenvalue weighted by Gasteiger charge is 2.35. The van der Waals surface area contributed by atoms with Crippen LogP contribution in [-0.4, -0.2) is 28.1 Å². The first-order valence-corrected chi connectivity index (χ1v) is 11.1. The Kier molecular flexibility index (Phi) is 6.16. The summed E-state index contributed by atoms with van der Waals surface area (Å²) in [7, 11) is 0. The maximum absolute atomic E-state index is 13.4. The van der Waals surface area contributed by atoms with E-state index in [9.17, 15) is 9.59 Å². The molecule has 1 aliphatic rings. The Hall–Kier alpha value is -3.71. The molecule has 0 radical (unpaired) electrons. The molecule has 6 nitrogen and oxygen atoms in total. The minimum Gasteiger partial charge on any atom is -0.494 e. The van der Waals surface area contributed by atoms with Crippen LogP contribution in [0, 0.1) is 20.8 Å². The number of carbonyl (C=O) groups is 2. The van der Waals surface area contributed by atoms with Crippen LogP contribution in [0.25, 0.3) is 11.8 Å². The molecule has 3 aromatic rings. The number of nitrogens with zero attached hydrogens (tertiary/aromatic N) is 2. The van der Waals surface area contributed by atoms with Crippen LogP contribution in [0.5, 0.6) is 5.75 Å². The average molecular weight is 460 g/mol. The van der Waals surface area contributed by atoms with E-state index in [1.807, 2.05) is 52.0 Å². The number of benzene rings is 2. The van der Waals surface area contributed by atoms with Crippen molar-refractivity contribution >= 4 is 40.9 Å². The number of aryl methyl sites for hydroxylation is 2. The Bertz CT molecular complexity index is 1310. The fraction of sp³-hybridized carbons (Fsp3) is 0.192. The standard InChI is InChI=1S/C26H25N3O3S/c1-5-32-22-11-7-10-21(15-22)29-25(31)23(24(30)27-26(29)33)14-19-13-17(3)28(18(19)4)20-9-6-8-16(2)12-20/h6-15H,5H2,1-4H3,(H,27,30,33)/b23-14+. The maximum atomic E-state index is 13.4. The molecule has 7 heteroatoms. The number of nitrogens with one attached hydrogen (secondary N) is 1. The molecule has 0 aliphatic carbocycles. The molecule has 1 N–H and O–H groups in total. The van der Waals surface area contributed by atoms with Crippen molar-refractivity contribution in [1.82, 2.24) is 9.88 Å². The monoisotopic (exact) mass is 459 g/mol. The molecule has 2 amide bonds. The molecule has 1 aliphatic heterocycles. The summed E-state index contributed by atoms with van der Waals surface area (Å²) >= 11 is 5.32. The molecule has 0 unspecified atom stereocenters. The van der Waals surface area contributed by atoms with E-state index in [0.717, 1.165) is 28.2 Å². The smallest absolute Gasteiger partial charge is 0.270 e. The zero-order valence-electron chi connectivity index (χ0n) is 19.0. The molecule has 1 aromatic heterocycles. The van der Waals surface area contributed by atoms with E-state index in [2.05, 4.69) is 16.0 Å². The highest BCUT2D eigenvalue weighted by Crippen LogP contribution is 2.28. The Morgan fingerprint density at radius 1 is 1.00 bits per heavy atom.